The molecule has 174 valence electrons. The number of methoxy groups -OCH3 is 1. The molecule has 0 amide bonds. The van der Waals surface area contributed by atoms with Crippen LogP contribution in [-0.2, 0) is 4.79 Å². The van der Waals surface area contributed by atoms with Crippen molar-refractivity contribution in [2.24, 2.45) is 0 Å². The third kappa shape index (κ3) is 4.11. The zero-order chi connectivity index (χ0) is 24.5. The van der Waals surface area contributed by atoms with E-state index in [1.54, 1.807) is 48.2 Å². The van der Waals surface area contributed by atoms with Crippen LogP contribution in [0.4, 0.5) is 5.82 Å². The molecule has 0 radical (unpaired) electrons. The Morgan fingerprint density at radius 3 is 2.03 bits per heavy atom. The largest absolute Gasteiger partial charge is 0.497 e. The van der Waals surface area contributed by atoms with Crippen LogP contribution < -0.4 is 10.1 Å². The molecule has 1 aromatic heterocycles. The molecule has 1 aliphatic rings. The summed E-state index contributed by atoms with van der Waals surface area (Å²) in [5, 5.41) is 9.25. The normalized spacial score (nSPS) is 14.8. The first-order chi connectivity index (χ1) is 17.0. The van der Waals surface area contributed by atoms with Gasteiger partial charge in [-0.1, -0.05) is 47.5 Å². The van der Waals surface area contributed by atoms with Crippen LogP contribution in [-0.4, -0.2) is 29.5 Å². The van der Waals surface area contributed by atoms with Crippen molar-refractivity contribution in [1.82, 2.24) is 9.78 Å². The molecule has 35 heavy (non-hydrogen) atoms. The van der Waals surface area contributed by atoms with Gasteiger partial charge in [0.05, 0.1) is 18.4 Å². The van der Waals surface area contributed by atoms with Crippen LogP contribution in [0.2, 0.25) is 10.0 Å². The van der Waals surface area contributed by atoms with Gasteiger partial charge in [-0.3, -0.25) is 9.59 Å². The number of carbonyl (C=O) groups is 2. The number of rotatable bonds is 6. The van der Waals surface area contributed by atoms with Crippen molar-refractivity contribution in [3.8, 4) is 17.0 Å². The first-order valence-corrected chi connectivity index (χ1v) is 11.5. The lowest BCUT2D eigenvalue weighted by Crippen LogP contribution is -2.26. The predicted molar refractivity (Wildman–Crippen MR) is 137 cm³/mol. The van der Waals surface area contributed by atoms with E-state index in [0.717, 1.165) is 29.3 Å². The molecule has 6 nitrogen and oxygen atoms in total. The van der Waals surface area contributed by atoms with Crippen molar-refractivity contribution in [3.63, 3.8) is 0 Å². The summed E-state index contributed by atoms with van der Waals surface area (Å²) in [6.45, 7) is 0. The number of allylic oxidation sites excluding steroid dienone is 1. The van der Waals surface area contributed by atoms with Gasteiger partial charge in [0.1, 0.15) is 23.3 Å². The van der Waals surface area contributed by atoms with Crippen LogP contribution in [0.15, 0.2) is 78.4 Å². The van der Waals surface area contributed by atoms with Gasteiger partial charge >= 0.3 is 0 Å². The number of aldehydes is 2. The molecule has 8 heteroatoms. The van der Waals surface area contributed by atoms with Crippen molar-refractivity contribution in [1.29, 1.82) is 0 Å². The first kappa shape index (κ1) is 22.9. The number of hydrogen-bond acceptors (Lipinski definition) is 5. The van der Waals surface area contributed by atoms with E-state index in [1.165, 1.54) is 0 Å². The Morgan fingerprint density at radius 1 is 0.857 bits per heavy atom. The molecule has 4 aromatic rings. The van der Waals surface area contributed by atoms with E-state index < -0.39 is 6.04 Å². The lowest BCUT2D eigenvalue weighted by molar-refractivity contribution is -0.105. The number of hydrogen-bond donors (Lipinski definition) is 1. The van der Waals surface area contributed by atoms with Gasteiger partial charge in [0.2, 0.25) is 0 Å². The minimum Gasteiger partial charge on any atom is -0.497 e. The Labute approximate surface area is 211 Å². The number of fused-ring (bicyclic) bond motifs is 1. The fourth-order valence-electron chi connectivity index (χ4n) is 4.24. The second-order valence-corrected chi connectivity index (χ2v) is 8.81. The number of ether oxygens (including phenoxy) is 1. The number of nitrogens with zero attached hydrogens (tertiary/aromatic N) is 2. The Balaban J connectivity index is 1.75. The molecule has 0 bridgehead atoms. The summed E-state index contributed by atoms with van der Waals surface area (Å²) in [4.78, 5) is 24.8. The highest BCUT2D eigenvalue weighted by atomic mass is 35.5. The number of halogens is 2. The van der Waals surface area contributed by atoms with Crippen molar-refractivity contribution < 1.29 is 14.3 Å². The molecule has 5 rings (SSSR count). The minimum atomic E-state index is -0.585. The molecule has 2 heterocycles. The topological polar surface area (TPSA) is 73.2 Å². The first-order valence-electron chi connectivity index (χ1n) is 10.7. The van der Waals surface area contributed by atoms with Crippen LogP contribution in [0.5, 0.6) is 5.75 Å². The van der Waals surface area contributed by atoms with E-state index in [-0.39, 0.29) is 0 Å². The predicted octanol–water partition coefficient (Wildman–Crippen LogP) is 6.30. The van der Waals surface area contributed by atoms with Gasteiger partial charge in [0.15, 0.2) is 12.6 Å². The number of carbonyl (C=O) groups excluding carboxylic acids is 2. The molecule has 1 N–H and O–H groups in total. The number of benzene rings is 3. The van der Waals surface area contributed by atoms with E-state index in [4.69, 9.17) is 33.0 Å². The van der Waals surface area contributed by atoms with Crippen LogP contribution in [0, 0.1) is 0 Å². The average Bonchev–Trinajstić information content (AvgIpc) is 3.26. The van der Waals surface area contributed by atoms with Crippen LogP contribution >= 0.6 is 23.2 Å². The van der Waals surface area contributed by atoms with Gasteiger partial charge in [0, 0.05) is 21.2 Å². The molecule has 0 saturated heterocycles. The molecule has 0 aliphatic carbocycles. The van der Waals surface area contributed by atoms with Crippen molar-refractivity contribution in [2.45, 2.75) is 6.04 Å². The van der Waals surface area contributed by atoms with Crippen molar-refractivity contribution in [3.05, 3.63) is 105 Å². The molecule has 0 spiro atoms. The Kier molecular flexibility index (Phi) is 6.16. The van der Waals surface area contributed by atoms with Gasteiger partial charge in [-0.15, -0.1) is 0 Å². The van der Waals surface area contributed by atoms with Crippen LogP contribution in [0.3, 0.4) is 0 Å². The summed E-state index contributed by atoms with van der Waals surface area (Å²) in [5.41, 5.74) is 4.21. The standard InChI is InChI=1S/C27H19Cl2N3O3/c1-35-21-12-6-16(7-13-21)24-22(14-33)26(18-4-10-20(29)11-5-18)32-27(30-24)23(15-34)25(31-32)17-2-8-19(28)9-3-17/h2-15,26,30H,1H3. The van der Waals surface area contributed by atoms with Gasteiger partial charge in [-0.05, 0) is 59.7 Å². The van der Waals surface area contributed by atoms with Gasteiger partial charge in [-0.2, -0.15) is 5.10 Å². The van der Waals surface area contributed by atoms with E-state index in [0.29, 0.717) is 44.1 Å². The number of aromatic nitrogens is 2. The van der Waals surface area contributed by atoms with E-state index >= 15 is 0 Å². The Morgan fingerprint density at radius 2 is 1.46 bits per heavy atom. The summed E-state index contributed by atoms with van der Waals surface area (Å²) in [7, 11) is 1.59. The summed E-state index contributed by atoms with van der Waals surface area (Å²) in [6.07, 6.45) is 1.59. The van der Waals surface area contributed by atoms with E-state index in [9.17, 15) is 9.59 Å². The molecule has 1 atom stereocenters. The van der Waals surface area contributed by atoms with Crippen LogP contribution in [0.25, 0.3) is 17.0 Å². The molecular formula is C27H19Cl2N3O3. The van der Waals surface area contributed by atoms with E-state index in [2.05, 4.69) is 5.32 Å². The van der Waals surface area contributed by atoms with E-state index in [1.807, 2.05) is 36.4 Å². The van der Waals surface area contributed by atoms with Gasteiger partial charge in [-0.25, -0.2) is 4.68 Å². The van der Waals surface area contributed by atoms with Crippen LogP contribution in [0.1, 0.15) is 27.5 Å². The van der Waals surface area contributed by atoms with Gasteiger partial charge < -0.3 is 10.1 Å². The highest BCUT2D eigenvalue weighted by molar-refractivity contribution is 6.30. The zero-order valence-electron chi connectivity index (χ0n) is 18.5. The smallest absolute Gasteiger partial charge is 0.156 e. The maximum Gasteiger partial charge on any atom is 0.156 e. The molecule has 0 fully saturated rings. The van der Waals surface area contributed by atoms with Gasteiger partial charge in [0.25, 0.3) is 0 Å². The molecule has 3 aromatic carbocycles. The summed E-state index contributed by atoms with van der Waals surface area (Å²) < 4.78 is 6.95. The maximum absolute atomic E-state index is 12.5. The lowest BCUT2D eigenvalue weighted by atomic mass is 9.93. The maximum atomic E-state index is 12.5. The highest BCUT2D eigenvalue weighted by Crippen LogP contribution is 2.42. The fraction of sp³-hybridized carbons (Fsp3) is 0.0741. The summed E-state index contributed by atoms with van der Waals surface area (Å²) >= 11 is 12.2. The second kappa shape index (κ2) is 9.41. The monoisotopic (exact) mass is 503 g/mol. The summed E-state index contributed by atoms with van der Waals surface area (Å²) in [6, 6.07) is 21.1. The number of anilines is 1. The minimum absolute atomic E-state index is 0.377. The highest BCUT2D eigenvalue weighted by Gasteiger charge is 2.34. The van der Waals surface area contributed by atoms with Crippen molar-refractivity contribution in [2.75, 3.05) is 12.4 Å². The Hall–Kier alpha value is -3.87. The third-order valence-electron chi connectivity index (χ3n) is 5.95. The Bertz CT molecular complexity index is 1440. The second-order valence-electron chi connectivity index (χ2n) is 7.94. The quantitative estimate of drug-likeness (QED) is 0.312. The number of nitrogens with one attached hydrogen (secondary N) is 1. The molecule has 1 aliphatic heterocycles. The molecule has 1 unspecified atom stereocenters. The SMILES string of the molecule is COc1ccc(C2=C(C=O)C(c3ccc(Cl)cc3)n3nc(-c4ccc(Cl)cc4)c(C=O)c3N2)cc1. The molecular weight excluding hydrogens is 485 g/mol. The average molecular weight is 504 g/mol. The zero-order valence-corrected chi connectivity index (χ0v) is 20.0. The summed E-state index contributed by atoms with van der Waals surface area (Å²) in [5.74, 6) is 1.18. The van der Waals surface area contributed by atoms with Crippen molar-refractivity contribution >= 4 is 47.3 Å². The lowest BCUT2D eigenvalue weighted by Gasteiger charge is -2.29. The molecule has 0 saturated carbocycles. The third-order valence-corrected chi connectivity index (χ3v) is 6.45. The fourth-order valence-corrected chi connectivity index (χ4v) is 4.49.